The van der Waals surface area contributed by atoms with E-state index in [0.29, 0.717) is 12.4 Å². The summed E-state index contributed by atoms with van der Waals surface area (Å²) in [5.41, 5.74) is 1.04. The van der Waals surface area contributed by atoms with Gasteiger partial charge in [-0.15, -0.1) is 0 Å². The Hall–Kier alpha value is -1.75. The first-order chi connectivity index (χ1) is 11.3. The Bertz CT molecular complexity index is 558. The van der Waals surface area contributed by atoms with Crippen molar-refractivity contribution in [2.45, 2.75) is 39.0 Å². The van der Waals surface area contributed by atoms with Gasteiger partial charge in [0.25, 0.3) is 0 Å². The molecule has 0 saturated carbocycles. The molecule has 1 aliphatic rings. The number of benzene rings is 1. The summed E-state index contributed by atoms with van der Waals surface area (Å²) in [6.07, 6.45) is 2.18. The molecule has 2 rings (SSSR count). The van der Waals surface area contributed by atoms with E-state index in [1.807, 2.05) is 12.1 Å². The molecule has 134 valence electrons. The van der Waals surface area contributed by atoms with E-state index in [4.69, 9.17) is 9.47 Å². The zero-order valence-electron chi connectivity index (χ0n) is 15.6. The van der Waals surface area contributed by atoms with Gasteiger partial charge in [0, 0.05) is 26.7 Å². The molecule has 5 heteroatoms. The molecule has 1 aliphatic heterocycles. The van der Waals surface area contributed by atoms with Gasteiger partial charge in [0.1, 0.15) is 18.1 Å². The molecule has 0 radical (unpaired) electrons. The summed E-state index contributed by atoms with van der Waals surface area (Å²) in [7, 11) is 3.34. The van der Waals surface area contributed by atoms with Gasteiger partial charge in [-0.05, 0) is 49.0 Å². The first kappa shape index (κ1) is 18.6. The molecular formula is C19H30N2O3. The number of ether oxygens (including phenoxy) is 2. The minimum atomic E-state index is -0.385. The monoisotopic (exact) mass is 334 g/mol. The van der Waals surface area contributed by atoms with Crippen molar-refractivity contribution in [3.8, 4) is 11.5 Å². The predicted molar refractivity (Wildman–Crippen MR) is 96.0 cm³/mol. The van der Waals surface area contributed by atoms with Crippen molar-refractivity contribution >= 4 is 6.09 Å². The van der Waals surface area contributed by atoms with E-state index in [1.165, 1.54) is 17.7 Å². The van der Waals surface area contributed by atoms with Crippen molar-refractivity contribution in [1.82, 2.24) is 9.80 Å². The fourth-order valence-electron chi connectivity index (χ4n) is 2.64. The number of hydrogen-bond donors (Lipinski definition) is 0. The van der Waals surface area contributed by atoms with Crippen LogP contribution in [-0.4, -0.2) is 56.2 Å². The Morgan fingerprint density at radius 2 is 1.75 bits per heavy atom. The number of rotatable bonds is 5. The van der Waals surface area contributed by atoms with Crippen molar-refractivity contribution < 1.29 is 14.3 Å². The second-order valence-corrected chi connectivity index (χ2v) is 7.60. The molecule has 1 heterocycles. The highest BCUT2D eigenvalue weighted by Crippen LogP contribution is 2.31. The highest BCUT2D eigenvalue weighted by molar-refractivity contribution is 5.70. The summed E-state index contributed by atoms with van der Waals surface area (Å²) in [5.74, 6) is 1.28. The topological polar surface area (TPSA) is 42.0 Å². The Morgan fingerprint density at radius 1 is 1.12 bits per heavy atom. The third-order valence-corrected chi connectivity index (χ3v) is 4.19. The first-order valence-electron chi connectivity index (χ1n) is 8.65. The third kappa shape index (κ3) is 5.41. The normalized spacial score (nSPS) is 15.4. The summed E-state index contributed by atoms with van der Waals surface area (Å²) in [4.78, 5) is 15.7. The van der Waals surface area contributed by atoms with E-state index in [9.17, 15) is 4.79 Å². The molecule has 0 atom stereocenters. The molecule has 1 fully saturated rings. The molecule has 0 bridgehead atoms. The molecule has 0 N–H and O–H groups in total. The SMILES string of the molecule is CN(C)C(=O)Oc1cc(OCCN2CCCC2)cc(C(C)(C)C)c1. The van der Waals surface area contributed by atoms with Gasteiger partial charge in [-0.2, -0.15) is 0 Å². The van der Waals surface area contributed by atoms with Crippen LogP contribution in [0.25, 0.3) is 0 Å². The van der Waals surface area contributed by atoms with Crippen LogP contribution in [0.5, 0.6) is 11.5 Å². The summed E-state index contributed by atoms with van der Waals surface area (Å²) >= 11 is 0. The summed E-state index contributed by atoms with van der Waals surface area (Å²) in [6, 6.07) is 5.74. The molecule has 0 spiro atoms. The lowest BCUT2D eigenvalue weighted by Crippen LogP contribution is -2.26. The second-order valence-electron chi connectivity index (χ2n) is 7.60. The van der Waals surface area contributed by atoms with E-state index in [2.05, 4.69) is 25.7 Å². The molecule has 0 aliphatic carbocycles. The highest BCUT2D eigenvalue weighted by Gasteiger charge is 2.18. The molecule has 5 nitrogen and oxygen atoms in total. The van der Waals surface area contributed by atoms with Crippen molar-refractivity contribution in [3.63, 3.8) is 0 Å². The zero-order valence-corrected chi connectivity index (χ0v) is 15.6. The van der Waals surface area contributed by atoms with Crippen LogP contribution in [0.1, 0.15) is 39.2 Å². The molecule has 1 amide bonds. The molecule has 1 aromatic carbocycles. The summed E-state index contributed by atoms with van der Waals surface area (Å²) < 4.78 is 11.4. The Labute approximate surface area is 145 Å². The smallest absolute Gasteiger partial charge is 0.414 e. The van der Waals surface area contributed by atoms with Crippen molar-refractivity contribution in [2.75, 3.05) is 40.3 Å². The number of nitrogens with zero attached hydrogens (tertiary/aromatic N) is 2. The van der Waals surface area contributed by atoms with Crippen LogP contribution in [0.15, 0.2) is 18.2 Å². The van der Waals surface area contributed by atoms with Crippen molar-refractivity contribution in [2.24, 2.45) is 0 Å². The maximum Gasteiger partial charge on any atom is 0.414 e. The fraction of sp³-hybridized carbons (Fsp3) is 0.632. The van der Waals surface area contributed by atoms with Crippen LogP contribution in [0.4, 0.5) is 4.79 Å². The van der Waals surface area contributed by atoms with E-state index in [1.54, 1.807) is 20.2 Å². The van der Waals surface area contributed by atoms with E-state index in [-0.39, 0.29) is 11.5 Å². The highest BCUT2D eigenvalue weighted by atomic mass is 16.6. The second kappa shape index (κ2) is 7.88. The van der Waals surface area contributed by atoms with E-state index >= 15 is 0 Å². The molecule has 24 heavy (non-hydrogen) atoms. The molecule has 0 aromatic heterocycles. The fourth-order valence-corrected chi connectivity index (χ4v) is 2.64. The average molecular weight is 334 g/mol. The largest absolute Gasteiger partial charge is 0.492 e. The van der Waals surface area contributed by atoms with Gasteiger partial charge in [-0.25, -0.2) is 4.79 Å². The van der Waals surface area contributed by atoms with Crippen LogP contribution >= 0.6 is 0 Å². The summed E-state index contributed by atoms with van der Waals surface area (Å²) in [6.45, 7) is 10.3. The van der Waals surface area contributed by atoms with E-state index in [0.717, 1.165) is 30.9 Å². The number of carbonyl (C=O) groups excluding carboxylic acids is 1. The first-order valence-corrected chi connectivity index (χ1v) is 8.65. The standard InChI is InChI=1S/C19H30N2O3/c1-19(2,3)15-12-16(23-11-10-21-8-6-7-9-21)14-17(13-15)24-18(22)20(4)5/h12-14H,6-11H2,1-5H3. The predicted octanol–water partition coefficient (Wildman–Crippen LogP) is 3.52. The Balaban J connectivity index is 2.08. The van der Waals surface area contributed by atoms with Gasteiger partial charge >= 0.3 is 6.09 Å². The maximum absolute atomic E-state index is 11.8. The Kier molecular flexibility index (Phi) is 6.10. The van der Waals surface area contributed by atoms with Gasteiger partial charge in [-0.1, -0.05) is 20.8 Å². The van der Waals surface area contributed by atoms with Crippen LogP contribution < -0.4 is 9.47 Å². The van der Waals surface area contributed by atoms with Gasteiger partial charge in [0.15, 0.2) is 0 Å². The number of amides is 1. The number of hydrogen-bond acceptors (Lipinski definition) is 4. The van der Waals surface area contributed by atoms with E-state index < -0.39 is 0 Å². The third-order valence-electron chi connectivity index (χ3n) is 4.19. The Morgan fingerprint density at radius 3 is 2.33 bits per heavy atom. The maximum atomic E-state index is 11.8. The van der Waals surface area contributed by atoms with Crippen LogP contribution in [0, 0.1) is 0 Å². The number of likely N-dealkylation sites (tertiary alicyclic amines) is 1. The molecule has 0 unspecified atom stereocenters. The van der Waals surface area contributed by atoms with Gasteiger partial charge < -0.3 is 14.4 Å². The minimum Gasteiger partial charge on any atom is -0.492 e. The number of carbonyl (C=O) groups is 1. The molecule has 1 aromatic rings. The summed E-state index contributed by atoms with van der Waals surface area (Å²) in [5, 5.41) is 0. The van der Waals surface area contributed by atoms with Crippen LogP contribution in [0.3, 0.4) is 0 Å². The van der Waals surface area contributed by atoms with Crippen LogP contribution in [0.2, 0.25) is 0 Å². The van der Waals surface area contributed by atoms with Gasteiger partial charge in [0.2, 0.25) is 0 Å². The zero-order chi connectivity index (χ0) is 17.7. The molecule has 1 saturated heterocycles. The lowest BCUT2D eigenvalue weighted by Gasteiger charge is -2.22. The van der Waals surface area contributed by atoms with Gasteiger partial charge in [0.05, 0.1) is 0 Å². The lowest BCUT2D eigenvalue weighted by molar-refractivity contribution is 0.171. The van der Waals surface area contributed by atoms with Crippen LogP contribution in [-0.2, 0) is 5.41 Å². The van der Waals surface area contributed by atoms with Gasteiger partial charge in [-0.3, -0.25) is 4.90 Å². The molecular weight excluding hydrogens is 304 g/mol. The lowest BCUT2D eigenvalue weighted by atomic mass is 9.87. The minimum absolute atomic E-state index is 0.0480. The van der Waals surface area contributed by atoms with Crippen molar-refractivity contribution in [1.29, 1.82) is 0 Å². The quantitative estimate of drug-likeness (QED) is 0.826. The van der Waals surface area contributed by atoms with Crippen molar-refractivity contribution in [3.05, 3.63) is 23.8 Å². The average Bonchev–Trinajstić information content (AvgIpc) is 2.99.